The molecule has 0 aromatic heterocycles. The van der Waals surface area contributed by atoms with Crippen molar-refractivity contribution >= 4 is 15.7 Å². The molecule has 0 aliphatic heterocycles. The Hall–Kier alpha value is -1.14. The topological polar surface area (TPSA) is 63.4 Å². The Labute approximate surface area is 100 Å². The van der Waals surface area contributed by atoms with Gasteiger partial charge in [0.05, 0.1) is 4.90 Å². The highest BCUT2D eigenvalue weighted by atomic mass is 32.2. The van der Waals surface area contributed by atoms with E-state index in [0.29, 0.717) is 0 Å². The van der Waals surface area contributed by atoms with Crippen molar-refractivity contribution in [3.8, 4) is 0 Å². The minimum Gasteiger partial charge on any atom is -0.399 e. The number of anilines is 1. The molecule has 1 saturated carbocycles. The van der Waals surface area contributed by atoms with Crippen LogP contribution in [0.3, 0.4) is 0 Å². The number of benzene rings is 1. The number of rotatable bonds is 3. The molecule has 0 heterocycles. The van der Waals surface area contributed by atoms with Crippen molar-refractivity contribution in [2.45, 2.75) is 30.2 Å². The van der Waals surface area contributed by atoms with E-state index in [4.69, 9.17) is 5.73 Å². The van der Waals surface area contributed by atoms with E-state index in [1.54, 1.807) is 0 Å². The van der Waals surface area contributed by atoms with Crippen LogP contribution < -0.4 is 5.73 Å². The lowest BCUT2D eigenvalue weighted by atomic mass is 9.94. The van der Waals surface area contributed by atoms with E-state index in [2.05, 4.69) is 0 Å². The highest BCUT2D eigenvalue weighted by Crippen LogP contribution is 2.29. The van der Waals surface area contributed by atoms with Gasteiger partial charge >= 0.3 is 0 Å². The minimum absolute atomic E-state index is 0.0319. The Bertz CT molecular complexity index is 506. The average Bonchev–Trinajstić information content (AvgIpc) is 2.13. The Morgan fingerprint density at radius 1 is 1.35 bits per heavy atom. The van der Waals surface area contributed by atoms with Crippen LogP contribution in [-0.4, -0.2) is 25.8 Å². The van der Waals surface area contributed by atoms with Crippen LogP contribution >= 0.6 is 0 Å². The van der Waals surface area contributed by atoms with Gasteiger partial charge in [-0.05, 0) is 31.0 Å². The van der Waals surface area contributed by atoms with Gasteiger partial charge in [0.25, 0.3) is 0 Å². The van der Waals surface area contributed by atoms with Crippen molar-refractivity contribution in [2.75, 3.05) is 12.8 Å². The van der Waals surface area contributed by atoms with Gasteiger partial charge in [0, 0.05) is 18.8 Å². The molecule has 1 aromatic carbocycles. The van der Waals surface area contributed by atoms with Crippen molar-refractivity contribution in [1.29, 1.82) is 0 Å². The summed E-state index contributed by atoms with van der Waals surface area (Å²) in [7, 11) is -2.10. The van der Waals surface area contributed by atoms with Crippen LogP contribution in [0.2, 0.25) is 0 Å². The molecule has 1 aliphatic rings. The van der Waals surface area contributed by atoms with E-state index < -0.39 is 15.8 Å². The largest absolute Gasteiger partial charge is 0.399 e. The van der Waals surface area contributed by atoms with Crippen molar-refractivity contribution in [3.05, 3.63) is 24.0 Å². The van der Waals surface area contributed by atoms with Gasteiger partial charge < -0.3 is 5.73 Å². The van der Waals surface area contributed by atoms with E-state index >= 15 is 0 Å². The number of halogens is 1. The van der Waals surface area contributed by atoms with Crippen LogP contribution in [-0.2, 0) is 10.0 Å². The first-order valence-corrected chi connectivity index (χ1v) is 6.89. The third kappa shape index (κ3) is 2.28. The molecular formula is C11H15FN2O2S. The highest BCUT2D eigenvalue weighted by Gasteiger charge is 2.32. The van der Waals surface area contributed by atoms with Crippen LogP contribution in [0.5, 0.6) is 0 Å². The van der Waals surface area contributed by atoms with Crippen LogP contribution in [0.25, 0.3) is 0 Å². The standard InChI is InChI=1S/C11H15FN2O2S/c1-14(10-3-2-4-10)17(15,16)11-6-8(12)5-9(13)7-11/h5-7,10H,2-4,13H2,1H3. The molecule has 0 spiro atoms. The van der Waals surface area contributed by atoms with E-state index in [1.165, 1.54) is 17.4 Å². The van der Waals surface area contributed by atoms with Gasteiger partial charge in [-0.3, -0.25) is 0 Å². The molecule has 0 unspecified atom stereocenters. The molecule has 1 fully saturated rings. The van der Waals surface area contributed by atoms with Gasteiger partial charge in [-0.2, -0.15) is 4.31 Å². The van der Waals surface area contributed by atoms with Gasteiger partial charge in [-0.1, -0.05) is 6.42 Å². The SMILES string of the molecule is CN(C1CCC1)S(=O)(=O)c1cc(N)cc(F)c1. The summed E-state index contributed by atoms with van der Waals surface area (Å²) in [5.74, 6) is -0.634. The summed E-state index contributed by atoms with van der Waals surface area (Å²) >= 11 is 0. The van der Waals surface area contributed by atoms with Crippen LogP contribution in [0.15, 0.2) is 23.1 Å². The van der Waals surface area contributed by atoms with Gasteiger partial charge in [0.1, 0.15) is 5.82 Å². The van der Waals surface area contributed by atoms with Crippen molar-refractivity contribution in [1.82, 2.24) is 4.31 Å². The van der Waals surface area contributed by atoms with E-state index in [9.17, 15) is 12.8 Å². The summed E-state index contributed by atoms with van der Waals surface area (Å²) < 4.78 is 38.8. The molecule has 0 atom stereocenters. The summed E-state index contributed by atoms with van der Waals surface area (Å²) in [6, 6.07) is 3.42. The number of nitrogen functional groups attached to an aromatic ring is 1. The molecule has 0 bridgehead atoms. The van der Waals surface area contributed by atoms with Gasteiger partial charge in [0.15, 0.2) is 0 Å². The highest BCUT2D eigenvalue weighted by molar-refractivity contribution is 7.89. The number of hydrogen-bond acceptors (Lipinski definition) is 3. The summed E-state index contributed by atoms with van der Waals surface area (Å²) in [6.45, 7) is 0. The number of nitrogens with zero attached hydrogens (tertiary/aromatic N) is 1. The predicted octanol–water partition coefficient (Wildman–Crippen LogP) is 1.58. The molecule has 0 amide bonds. The Morgan fingerprint density at radius 2 is 2.00 bits per heavy atom. The molecule has 2 rings (SSSR count). The zero-order valence-corrected chi connectivity index (χ0v) is 10.4. The Morgan fingerprint density at radius 3 is 2.47 bits per heavy atom. The quantitative estimate of drug-likeness (QED) is 0.837. The average molecular weight is 258 g/mol. The number of hydrogen-bond donors (Lipinski definition) is 1. The van der Waals surface area contributed by atoms with Crippen LogP contribution in [0.4, 0.5) is 10.1 Å². The molecule has 6 heteroatoms. The second-order valence-electron chi connectivity index (χ2n) is 4.33. The van der Waals surface area contributed by atoms with Crippen molar-refractivity contribution < 1.29 is 12.8 Å². The van der Waals surface area contributed by atoms with E-state index in [1.807, 2.05) is 0 Å². The zero-order valence-electron chi connectivity index (χ0n) is 9.56. The third-order valence-corrected chi connectivity index (χ3v) is 5.05. The molecular weight excluding hydrogens is 243 g/mol. The normalized spacial score (nSPS) is 17.1. The van der Waals surface area contributed by atoms with Crippen LogP contribution in [0.1, 0.15) is 19.3 Å². The summed E-state index contributed by atoms with van der Waals surface area (Å²) in [6.07, 6.45) is 2.76. The zero-order chi connectivity index (χ0) is 12.6. The molecule has 17 heavy (non-hydrogen) atoms. The van der Waals surface area contributed by atoms with E-state index in [0.717, 1.165) is 31.4 Å². The summed E-state index contributed by atoms with van der Waals surface area (Å²) in [5, 5.41) is 0. The predicted molar refractivity (Wildman–Crippen MR) is 63.4 cm³/mol. The molecule has 4 nitrogen and oxygen atoms in total. The Kier molecular flexibility index (Phi) is 3.09. The van der Waals surface area contributed by atoms with Gasteiger partial charge in [0.2, 0.25) is 10.0 Å². The molecule has 0 saturated heterocycles. The molecule has 1 aromatic rings. The third-order valence-electron chi connectivity index (χ3n) is 3.16. The lowest BCUT2D eigenvalue weighted by Crippen LogP contribution is -2.41. The first-order valence-electron chi connectivity index (χ1n) is 5.45. The fraction of sp³-hybridized carbons (Fsp3) is 0.455. The first kappa shape index (κ1) is 12.3. The Balaban J connectivity index is 2.36. The molecule has 2 N–H and O–H groups in total. The first-order chi connectivity index (χ1) is 7.91. The van der Waals surface area contributed by atoms with Crippen molar-refractivity contribution in [2.24, 2.45) is 0 Å². The smallest absolute Gasteiger partial charge is 0.243 e. The molecule has 94 valence electrons. The second-order valence-corrected chi connectivity index (χ2v) is 6.32. The molecule has 1 aliphatic carbocycles. The van der Waals surface area contributed by atoms with E-state index in [-0.39, 0.29) is 16.6 Å². The lowest BCUT2D eigenvalue weighted by molar-refractivity contribution is 0.249. The fourth-order valence-corrected chi connectivity index (χ4v) is 3.33. The maximum Gasteiger partial charge on any atom is 0.243 e. The fourth-order valence-electron chi connectivity index (χ4n) is 1.85. The maximum absolute atomic E-state index is 13.2. The maximum atomic E-state index is 13.2. The monoisotopic (exact) mass is 258 g/mol. The van der Waals surface area contributed by atoms with Crippen molar-refractivity contribution in [3.63, 3.8) is 0 Å². The summed E-state index contributed by atoms with van der Waals surface area (Å²) in [4.78, 5) is -0.0793. The summed E-state index contributed by atoms with van der Waals surface area (Å²) in [5.41, 5.74) is 5.57. The van der Waals surface area contributed by atoms with Gasteiger partial charge in [-0.15, -0.1) is 0 Å². The number of sulfonamides is 1. The molecule has 0 radical (unpaired) electrons. The minimum atomic E-state index is -3.63. The lowest BCUT2D eigenvalue weighted by Gasteiger charge is -2.33. The number of nitrogens with two attached hydrogens (primary N) is 1. The van der Waals surface area contributed by atoms with Gasteiger partial charge in [-0.25, -0.2) is 12.8 Å². The second kappa shape index (κ2) is 4.27. The van der Waals surface area contributed by atoms with Crippen LogP contribution in [0, 0.1) is 5.82 Å².